The van der Waals surface area contributed by atoms with Gasteiger partial charge in [-0.1, -0.05) is 43.3 Å². The number of ether oxygens (including phenoxy) is 2. The highest BCUT2D eigenvalue weighted by Gasteiger charge is 2.20. The Kier molecular flexibility index (Phi) is 8.27. The van der Waals surface area contributed by atoms with E-state index in [4.69, 9.17) is 13.9 Å². The average Bonchev–Trinajstić information content (AvgIpc) is 3.31. The number of benzene rings is 2. The van der Waals surface area contributed by atoms with Gasteiger partial charge in [-0.25, -0.2) is 4.98 Å². The second kappa shape index (κ2) is 11.3. The van der Waals surface area contributed by atoms with Gasteiger partial charge in [-0.05, 0) is 25.0 Å². The third-order valence-corrected chi connectivity index (χ3v) is 5.50. The molecule has 3 rings (SSSR count). The molecule has 1 atom stereocenters. The molecule has 0 saturated heterocycles. The fourth-order valence-corrected chi connectivity index (χ4v) is 3.36. The van der Waals surface area contributed by atoms with Crippen LogP contribution in [0.3, 0.4) is 0 Å². The van der Waals surface area contributed by atoms with Crippen molar-refractivity contribution in [3.8, 4) is 11.5 Å². The van der Waals surface area contributed by atoms with E-state index in [2.05, 4.69) is 29.0 Å². The highest BCUT2D eigenvalue weighted by Crippen LogP contribution is 2.27. The van der Waals surface area contributed by atoms with E-state index in [9.17, 15) is 4.79 Å². The molecule has 0 bridgehead atoms. The van der Waals surface area contributed by atoms with E-state index in [1.165, 1.54) is 6.26 Å². The minimum atomic E-state index is -0.254. The molecule has 3 aromatic rings. The van der Waals surface area contributed by atoms with Gasteiger partial charge >= 0.3 is 0 Å². The zero-order valence-corrected chi connectivity index (χ0v) is 19.1. The van der Waals surface area contributed by atoms with Gasteiger partial charge in [-0.15, -0.1) is 0 Å². The molecule has 7 nitrogen and oxygen atoms in total. The molecule has 0 aliphatic rings. The first-order chi connectivity index (χ1) is 15.5. The zero-order valence-electron chi connectivity index (χ0n) is 19.1. The first-order valence-electron chi connectivity index (χ1n) is 10.8. The predicted octanol–water partition coefficient (Wildman–Crippen LogP) is 4.42. The molecule has 32 heavy (non-hydrogen) atoms. The number of methoxy groups -OCH3 is 2. The Labute approximate surface area is 189 Å². The minimum absolute atomic E-state index is 0.254. The van der Waals surface area contributed by atoms with Crippen molar-refractivity contribution in [1.29, 1.82) is 0 Å². The Hall–Kier alpha value is -3.32. The summed E-state index contributed by atoms with van der Waals surface area (Å²) in [6.45, 7) is 5.88. The summed E-state index contributed by atoms with van der Waals surface area (Å²) >= 11 is 0. The molecular formula is C25H31N3O4. The fourth-order valence-electron chi connectivity index (χ4n) is 3.36. The summed E-state index contributed by atoms with van der Waals surface area (Å²) < 4.78 is 16.5. The van der Waals surface area contributed by atoms with Crippen molar-refractivity contribution in [3.63, 3.8) is 0 Å². The van der Waals surface area contributed by atoms with Crippen LogP contribution < -0.4 is 14.8 Å². The van der Waals surface area contributed by atoms with Crippen LogP contribution in [0.25, 0.3) is 0 Å². The first-order valence-corrected chi connectivity index (χ1v) is 10.8. The molecule has 1 heterocycles. The van der Waals surface area contributed by atoms with Gasteiger partial charge in [0.1, 0.15) is 17.8 Å². The number of oxazole rings is 1. The highest BCUT2D eigenvalue weighted by molar-refractivity contribution is 5.91. The van der Waals surface area contributed by atoms with Crippen molar-refractivity contribution in [2.75, 3.05) is 14.2 Å². The van der Waals surface area contributed by atoms with Crippen LogP contribution in [-0.2, 0) is 19.6 Å². The first kappa shape index (κ1) is 23.3. The van der Waals surface area contributed by atoms with E-state index >= 15 is 0 Å². The van der Waals surface area contributed by atoms with Gasteiger partial charge in [0.2, 0.25) is 5.89 Å². The molecule has 1 aromatic heterocycles. The number of hydrogen-bond donors (Lipinski definition) is 1. The molecule has 0 aliphatic heterocycles. The number of carbonyl (C=O) groups excluding carboxylic acids is 1. The Bertz CT molecular complexity index is 1000. The maximum atomic E-state index is 12.5. The van der Waals surface area contributed by atoms with E-state index in [-0.39, 0.29) is 17.6 Å². The molecule has 1 unspecified atom stereocenters. The molecule has 0 spiro atoms. The Morgan fingerprint density at radius 3 is 2.59 bits per heavy atom. The lowest BCUT2D eigenvalue weighted by Crippen LogP contribution is -2.32. The average molecular weight is 438 g/mol. The molecule has 1 amide bonds. The summed E-state index contributed by atoms with van der Waals surface area (Å²) in [6.07, 6.45) is 2.38. The van der Waals surface area contributed by atoms with Crippen LogP contribution in [0, 0.1) is 0 Å². The maximum Gasteiger partial charge on any atom is 0.273 e. The van der Waals surface area contributed by atoms with Crippen LogP contribution in [-0.4, -0.2) is 36.1 Å². The van der Waals surface area contributed by atoms with E-state index < -0.39 is 0 Å². The molecule has 1 N–H and O–H groups in total. The van der Waals surface area contributed by atoms with Gasteiger partial charge < -0.3 is 19.2 Å². The van der Waals surface area contributed by atoms with Crippen molar-refractivity contribution in [3.05, 3.63) is 77.5 Å². The third-order valence-electron chi connectivity index (χ3n) is 5.50. The second-order valence-electron chi connectivity index (χ2n) is 7.63. The van der Waals surface area contributed by atoms with Crippen LogP contribution in [0.2, 0.25) is 0 Å². The molecule has 0 aliphatic carbocycles. The smallest absolute Gasteiger partial charge is 0.273 e. The summed E-state index contributed by atoms with van der Waals surface area (Å²) in [4.78, 5) is 19.1. The van der Waals surface area contributed by atoms with Crippen molar-refractivity contribution < 1.29 is 18.7 Å². The fraction of sp³-hybridized carbons (Fsp3) is 0.360. The monoisotopic (exact) mass is 437 g/mol. The molecule has 0 fully saturated rings. The Morgan fingerprint density at radius 1 is 1.12 bits per heavy atom. The van der Waals surface area contributed by atoms with Gasteiger partial charge in [0.25, 0.3) is 5.91 Å². The van der Waals surface area contributed by atoms with Crippen molar-refractivity contribution >= 4 is 5.91 Å². The quantitative estimate of drug-likeness (QED) is 0.478. The minimum Gasteiger partial charge on any atom is -0.497 e. The lowest BCUT2D eigenvalue weighted by Gasteiger charge is -2.27. The summed E-state index contributed by atoms with van der Waals surface area (Å²) in [5, 5.41) is 2.88. The molecule has 170 valence electrons. The van der Waals surface area contributed by atoms with E-state index in [1.54, 1.807) is 14.2 Å². The highest BCUT2D eigenvalue weighted by atomic mass is 16.5. The Balaban J connectivity index is 1.67. The van der Waals surface area contributed by atoms with Crippen LogP contribution >= 0.6 is 0 Å². The third kappa shape index (κ3) is 6.11. The topological polar surface area (TPSA) is 76.8 Å². The standard InChI is InChI=1S/C25H31N3O4/c1-5-18(2)28(15-20-11-12-21(30-3)13-23(20)31-4)16-24-27-22(17-32-24)25(29)26-14-19-9-7-6-8-10-19/h6-13,17-18H,5,14-16H2,1-4H3,(H,26,29). The van der Waals surface area contributed by atoms with E-state index in [1.807, 2.05) is 48.5 Å². The SMILES string of the molecule is CCC(C)N(Cc1nc(C(=O)NCc2ccccc2)co1)Cc1ccc(OC)cc1OC. The summed E-state index contributed by atoms with van der Waals surface area (Å²) in [7, 11) is 3.29. The lowest BCUT2D eigenvalue weighted by atomic mass is 10.1. The van der Waals surface area contributed by atoms with Gasteiger partial charge in [0.05, 0.1) is 20.8 Å². The number of carbonyl (C=O) groups is 1. The normalized spacial score (nSPS) is 11.9. The van der Waals surface area contributed by atoms with Crippen LogP contribution in [0.5, 0.6) is 11.5 Å². The van der Waals surface area contributed by atoms with E-state index in [0.717, 1.165) is 29.0 Å². The zero-order chi connectivity index (χ0) is 22.9. The molecular weight excluding hydrogens is 406 g/mol. The predicted molar refractivity (Wildman–Crippen MR) is 123 cm³/mol. The van der Waals surface area contributed by atoms with Crippen LogP contribution in [0.1, 0.15) is 47.8 Å². The second-order valence-corrected chi connectivity index (χ2v) is 7.63. The maximum absolute atomic E-state index is 12.5. The molecule has 7 heteroatoms. The van der Waals surface area contributed by atoms with Crippen molar-refractivity contribution in [2.45, 2.75) is 45.9 Å². The summed E-state index contributed by atoms with van der Waals surface area (Å²) in [6, 6.07) is 15.8. The molecule has 0 saturated carbocycles. The van der Waals surface area contributed by atoms with Gasteiger partial charge in [-0.2, -0.15) is 0 Å². The van der Waals surface area contributed by atoms with E-state index in [0.29, 0.717) is 25.5 Å². The summed E-state index contributed by atoms with van der Waals surface area (Å²) in [5.74, 6) is 1.77. The van der Waals surface area contributed by atoms with Gasteiger partial charge in [0.15, 0.2) is 5.69 Å². The number of hydrogen-bond acceptors (Lipinski definition) is 6. The van der Waals surface area contributed by atoms with Gasteiger partial charge in [0, 0.05) is 30.8 Å². The largest absolute Gasteiger partial charge is 0.497 e. The van der Waals surface area contributed by atoms with Crippen LogP contribution in [0.15, 0.2) is 59.2 Å². The number of aromatic nitrogens is 1. The lowest BCUT2D eigenvalue weighted by molar-refractivity contribution is 0.0945. The number of amides is 1. The number of nitrogens with zero attached hydrogens (tertiary/aromatic N) is 2. The van der Waals surface area contributed by atoms with Crippen molar-refractivity contribution in [2.24, 2.45) is 0 Å². The molecule has 0 radical (unpaired) electrons. The number of rotatable bonds is 11. The Morgan fingerprint density at radius 2 is 1.91 bits per heavy atom. The van der Waals surface area contributed by atoms with Crippen molar-refractivity contribution in [1.82, 2.24) is 15.2 Å². The van der Waals surface area contributed by atoms with Gasteiger partial charge in [-0.3, -0.25) is 9.69 Å². The molecule has 2 aromatic carbocycles. The summed E-state index contributed by atoms with van der Waals surface area (Å²) in [5.41, 5.74) is 2.35. The van der Waals surface area contributed by atoms with Crippen LogP contribution in [0.4, 0.5) is 0 Å². The number of nitrogens with one attached hydrogen (secondary N) is 1.